The zero-order valence-electron chi connectivity index (χ0n) is 44.1. The predicted octanol–water partition coefficient (Wildman–Crippen LogP) is -0.369. The van der Waals surface area contributed by atoms with Gasteiger partial charge in [-0.05, 0) is 116 Å². The van der Waals surface area contributed by atoms with Gasteiger partial charge in [-0.1, -0.05) is 60.1 Å². The predicted molar refractivity (Wildman–Crippen MR) is 255 cm³/mol. The molecule has 4 heterocycles. The van der Waals surface area contributed by atoms with Gasteiger partial charge in [0.15, 0.2) is 18.9 Å². The number of carbonyl (C=O) groups excluding carboxylic acids is 1. The summed E-state index contributed by atoms with van der Waals surface area (Å²) in [6.07, 6.45) is -20.0. The molecule has 9 aliphatic rings. The summed E-state index contributed by atoms with van der Waals surface area (Å²) in [4.78, 5) is 14.8. The van der Waals surface area contributed by atoms with Crippen LogP contribution in [0.1, 0.15) is 120 Å². The van der Waals surface area contributed by atoms with Crippen molar-refractivity contribution in [2.75, 3.05) is 19.8 Å². The molecular formula is C53H86O21. The number of aliphatic hydroxyl groups is 12. The second-order valence-electron chi connectivity index (χ2n) is 25.8. The Hall–Kier alpha value is -1.55. The Morgan fingerprint density at radius 2 is 1.18 bits per heavy atom. The van der Waals surface area contributed by atoms with Crippen LogP contribution in [-0.4, -0.2) is 210 Å². The highest BCUT2D eigenvalue weighted by Gasteiger charge is 2.70. The van der Waals surface area contributed by atoms with Crippen molar-refractivity contribution in [3.05, 3.63) is 11.6 Å². The van der Waals surface area contributed by atoms with Crippen LogP contribution in [0.25, 0.3) is 0 Å². The molecule has 0 aromatic rings. The summed E-state index contributed by atoms with van der Waals surface area (Å²) in [5, 5.41) is 128. The Morgan fingerprint density at radius 3 is 1.81 bits per heavy atom. The van der Waals surface area contributed by atoms with E-state index in [1.807, 2.05) is 0 Å². The van der Waals surface area contributed by atoms with Crippen LogP contribution >= 0.6 is 0 Å². The molecule has 0 spiro atoms. The van der Waals surface area contributed by atoms with Crippen molar-refractivity contribution in [3.63, 3.8) is 0 Å². The molecule has 4 aliphatic heterocycles. The Labute approximate surface area is 433 Å². The topological polar surface area (TPSA) is 334 Å². The molecule has 9 rings (SSSR count). The monoisotopic (exact) mass is 1060 g/mol. The smallest absolute Gasteiger partial charge is 0.315 e. The molecule has 74 heavy (non-hydrogen) atoms. The number of rotatable bonds is 10. The minimum atomic E-state index is -1.83. The molecule has 4 saturated carbocycles. The van der Waals surface area contributed by atoms with Crippen LogP contribution in [0.3, 0.4) is 0 Å². The van der Waals surface area contributed by atoms with E-state index >= 15 is 0 Å². The van der Waals surface area contributed by atoms with E-state index in [9.17, 15) is 66.1 Å². The first-order valence-electron chi connectivity index (χ1n) is 27.1. The Balaban J connectivity index is 0.973. The number of carbonyl (C=O) groups is 1. The van der Waals surface area contributed by atoms with Gasteiger partial charge in [0.1, 0.15) is 85.5 Å². The molecule has 12 N–H and O–H groups in total. The number of allylic oxidation sites excluding steroid dienone is 2. The summed E-state index contributed by atoms with van der Waals surface area (Å²) in [6.45, 7) is 15.9. The van der Waals surface area contributed by atoms with Crippen LogP contribution in [0, 0.1) is 50.2 Å². The van der Waals surface area contributed by atoms with Gasteiger partial charge in [-0.15, -0.1) is 0 Å². The van der Waals surface area contributed by atoms with Gasteiger partial charge >= 0.3 is 5.97 Å². The van der Waals surface area contributed by atoms with Gasteiger partial charge in [0.2, 0.25) is 6.29 Å². The molecule has 27 atom stereocenters. The van der Waals surface area contributed by atoms with E-state index in [2.05, 4.69) is 54.5 Å². The van der Waals surface area contributed by atoms with Crippen molar-refractivity contribution in [1.29, 1.82) is 0 Å². The standard InChI is InChI=1S/C53H86O21/c1-23-32(57)35(60)38(63)43(68-23)73-42-41(72-44-39(64)36(61)33(58)27(20-54)69-44)26(56)22-67-46(42)71-31-12-13-50(6)29(49(31,4)5)11-14-52(8)30(50)10-9-24-25-19-48(2,3)15-17-53(25,18-16-51(24,52)7)47(66)74-45-40(65)37(62)34(59)28(21-55)70-45/h9,23,25-46,54-65H,10-22H2,1-8H3/t23-,25-,26-,27+,28+,29-,30+,31-,32-,33+,34+,35+,36-,37-,38+,39+,40+,41-,42+,43-,44-,45-,46-,50-,51+,52+,53-/m0/s1. The van der Waals surface area contributed by atoms with Crippen LogP contribution in [0.5, 0.6) is 0 Å². The van der Waals surface area contributed by atoms with Crippen LogP contribution < -0.4 is 0 Å². The molecule has 4 saturated heterocycles. The molecule has 0 amide bonds. The number of hydrogen-bond acceptors (Lipinski definition) is 21. The highest BCUT2D eigenvalue weighted by atomic mass is 16.8. The van der Waals surface area contributed by atoms with E-state index in [-0.39, 0.29) is 46.0 Å². The zero-order chi connectivity index (χ0) is 54.0. The Kier molecular flexibility index (Phi) is 15.8. The van der Waals surface area contributed by atoms with Crippen LogP contribution in [0.4, 0.5) is 0 Å². The molecule has 0 unspecified atom stereocenters. The number of fused-ring (bicyclic) bond motifs is 7. The number of hydrogen-bond donors (Lipinski definition) is 12. The fourth-order valence-electron chi connectivity index (χ4n) is 16.2. The highest BCUT2D eigenvalue weighted by molar-refractivity contribution is 5.79. The number of aliphatic hydroxyl groups excluding tert-OH is 12. The summed E-state index contributed by atoms with van der Waals surface area (Å²) in [7, 11) is 0. The molecule has 424 valence electrons. The minimum Gasteiger partial charge on any atom is -0.432 e. The quantitative estimate of drug-likeness (QED) is 0.0755. The van der Waals surface area contributed by atoms with Gasteiger partial charge in [-0.25, -0.2) is 0 Å². The first-order chi connectivity index (χ1) is 34.6. The average Bonchev–Trinajstić information content (AvgIpc) is 3.35. The van der Waals surface area contributed by atoms with E-state index in [0.29, 0.717) is 19.3 Å². The fraction of sp³-hybridized carbons (Fsp3) is 0.943. The van der Waals surface area contributed by atoms with Gasteiger partial charge in [0, 0.05) is 0 Å². The van der Waals surface area contributed by atoms with Gasteiger partial charge < -0.3 is 99.2 Å². The van der Waals surface area contributed by atoms with Gasteiger partial charge in [-0.2, -0.15) is 0 Å². The van der Waals surface area contributed by atoms with E-state index in [0.717, 1.165) is 44.9 Å². The zero-order valence-corrected chi connectivity index (χ0v) is 44.1. The number of esters is 1. The van der Waals surface area contributed by atoms with E-state index in [1.54, 1.807) is 0 Å². The van der Waals surface area contributed by atoms with E-state index < -0.39 is 153 Å². The maximum absolute atomic E-state index is 14.8. The first-order valence-corrected chi connectivity index (χ1v) is 27.1. The summed E-state index contributed by atoms with van der Waals surface area (Å²) in [5.41, 5.74) is -0.904. The molecule has 0 radical (unpaired) electrons. The summed E-state index contributed by atoms with van der Waals surface area (Å²) < 4.78 is 49.0. The average molecular weight is 1060 g/mol. The molecule has 21 nitrogen and oxygen atoms in total. The lowest BCUT2D eigenvalue weighted by Gasteiger charge is -2.71. The molecule has 8 fully saturated rings. The molecule has 0 aromatic carbocycles. The minimum absolute atomic E-state index is 0.0812. The second-order valence-corrected chi connectivity index (χ2v) is 25.8. The molecule has 0 aromatic heterocycles. The summed E-state index contributed by atoms with van der Waals surface area (Å²) >= 11 is 0. The first kappa shape index (κ1) is 57.1. The van der Waals surface area contributed by atoms with Crippen molar-refractivity contribution in [2.24, 2.45) is 50.2 Å². The third kappa shape index (κ3) is 9.17. The summed E-state index contributed by atoms with van der Waals surface area (Å²) in [6, 6.07) is 0. The van der Waals surface area contributed by atoms with E-state index in [1.165, 1.54) is 12.5 Å². The Morgan fingerprint density at radius 1 is 0.608 bits per heavy atom. The summed E-state index contributed by atoms with van der Waals surface area (Å²) in [5.74, 6) is -0.306. The largest absolute Gasteiger partial charge is 0.432 e. The normalized spacial score (nSPS) is 54.1. The molecule has 0 bridgehead atoms. The third-order valence-corrected chi connectivity index (χ3v) is 21.0. The van der Waals surface area contributed by atoms with Gasteiger partial charge in [0.25, 0.3) is 0 Å². The Bertz CT molecular complexity index is 2040. The maximum atomic E-state index is 14.8. The van der Waals surface area contributed by atoms with Crippen molar-refractivity contribution in [1.82, 2.24) is 0 Å². The van der Waals surface area contributed by atoms with E-state index in [4.69, 9.17) is 37.9 Å². The van der Waals surface area contributed by atoms with Crippen molar-refractivity contribution in [3.8, 4) is 0 Å². The molecule has 21 heteroatoms. The van der Waals surface area contributed by atoms with Crippen molar-refractivity contribution in [2.45, 2.75) is 242 Å². The second kappa shape index (κ2) is 20.5. The fourth-order valence-corrected chi connectivity index (χ4v) is 16.2. The number of ether oxygens (including phenoxy) is 8. The van der Waals surface area contributed by atoms with Crippen molar-refractivity contribution < 1.29 is 104 Å². The van der Waals surface area contributed by atoms with Crippen LogP contribution in [-0.2, 0) is 42.7 Å². The molecular weight excluding hydrogens is 973 g/mol. The van der Waals surface area contributed by atoms with Crippen molar-refractivity contribution >= 4 is 5.97 Å². The van der Waals surface area contributed by atoms with Gasteiger partial charge in [0.05, 0.1) is 37.4 Å². The lowest BCUT2D eigenvalue weighted by Crippen LogP contribution is -2.67. The SMILES string of the molecule is C[C@@H]1O[C@@H](O[C@H]2[C@H](O[C@H]3CC[C@]4(C)[C@H]5CC=C6[C@@H]7CC(C)(C)CC[C@]7(C(=O)O[C@@H]7O[C@H](CO)[C@@H](O)[C@H](O)[C@H]7O)CC[C@@]6(C)[C@]5(C)CC[C@H]4C3(C)C)OC[C@H](O)[C@@H]2O[C@@H]2O[C@H](CO)[C@@H](O)[C@H](O)[C@H]2O)[C@H](O)[C@H](O)[C@H]1O. The highest BCUT2D eigenvalue weighted by Crippen LogP contribution is 2.76. The van der Waals surface area contributed by atoms with Crippen LogP contribution in [0.2, 0.25) is 0 Å². The third-order valence-electron chi connectivity index (χ3n) is 21.0. The lowest BCUT2D eigenvalue weighted by molar-refractivity contribution is -0.388. The lowest BCUT2D eigenvalue weighted by atomic mass is 9.33. The van der Waals surface area contributed by atoms with Crippen LogP contribution in [0.15, 0.2) is 11.6 Å². The van der Waals surface area contributed by atoms with Gasteiger partial charge in [-0.3, -0.25) is 4.79 Å². The molecule has 5 aliphatic carbocycles. The maximum Gasteiger partial charge on any atom is 0.315 e.